The molecule has 0 radical (unpaired) electrons. The molecular weight excluding hydrogens is 422 g/mol. The lowest BCUT2D eigenvalue weighted by Gasteiger charge is -2.10. The first-order valence-electron chi connectivity index (χ1n) is 9.71. The van der Waals surface area contributed by atoms with Crippen molar-refractivity contribution < 1.29 is 23.5 Å². The van der Waals surface area contributed by atoms with E-state index in [1.807, 2.05) is 13.0 Å². The third kappa shape index (κ3) is 6.33. The van der Waals surface area contributed by atoms with Crippen LogP contribution in [-0.2, 0) is 20.9 Å². The highest BCUT2D eigenvalue weighted by Crippen LogP contribution is 2.23. The summed E-state index contributed by atoms with van der Waals surface area (Å²) >= 11 is 5.92. The van der Waals surface area contributed by atoms with Crippen LogP contribution in [0.4, 0.5) is 5.69 Å². The number of anilines is 1. The zero-order valence-corrected chi connectivity index (χ0v) is 18.0. The minimum Gasteiger partial charge on any atom is -0.493 e. The molecule has 0 aliphatic rings. The van der Waals surface area contributed by atoms with Crippen molar-refractivity contribution in [1.29, 1.82) is 0 Å². The van der Waals surface area contributed by atoms with E-state index < -0.39 is 11.6 Å². The molecule has 2 aromatic carbocycles. The predicted molar refractivity (Wildman–Crippen MR) is 118 cm³/mol. The van der Waals surface area contributed by atoms with Gasteiger partial charge in [0, 0.05) is 47.1 Å². The van der Waals surface area contributed by atoms with Crippen LogP contribution < -0.4 is 15.7 Å². The number of hydrogen-bond acceptors (Lipinski definition) is 6. The molecule has 0 aliphatic heterocycles. The van der Waals surface area contributed by atoms with Gasteiger partial charge < -0.3 is 19.2 Å². The Bertz CT molecular complexity index is 1170. The number of rotatable bonds is 8. The molecule has 0 spiro atoms. The van der Waals surface area contributed by atoms with E-state index in [0.29, 0.717) is 40.3 Å². The molecule has 3 rings (SSSR count). The van der Waals surface area contributed by atoms with Gasteiger partial charge in [0.1, 0.15) is 17.9 Å². The van der Waals surface area contributed by atoms with Crippen LogP contribution in [-0.4, -0.2) is 18.5 Å². The number of esters is 1. The normalized spacial score (nSPS) is 10.7. The topological polar surface area (TPSA) is 94.8 Å². The average molecular weight is 444 g/mol. The molecule has 31 heavy (non-hydrogen) atoms. The Morgan fingerprint density at radius 2 is 1.94 bits per heavy atom. The van der Waals surface area contributed by atoms with Crippen LogP contribution in [0.1, 0.15) is 30.9 Å². The van der Waals surface area contributed by atoms with Crippen molar-refractivity contribution in [2.75, 3.05) is 11.9 Å². The molecule has 162 valence electrons. The molecule has 0 saturated heterocycles. The number of aryl methyl sites for hydroxylation is 1. The molecule has 0 bridgehead atoms. The van der Waals surface area contributed by atoms with E-state index in [9.17, 15) is 14.4 Å². The minimum atomic E-state index is -0.565. The molecule has 3 aromatic rings. The van der Waals surface area contributed by atoms with Gasteiger partial charge in [0.2, 0.25) is 5.91 Å². The Balaban J connectivity index is 1.54. The van der Waals surface area contributed by atoms with E-state index >= 15 is 0 Å². The maximum atomic E-state index is 12.1. The van der Waals surface area contributed by atoms with Crippen LogP contribution in [0.25, 0.3) is 11.0 Å². The van der Waals surface area contributed by atoms with Gasteiger partial charge >= 0.3 is 11.6 Å². The summed E-state index contributed by atoms with van der Waals surface area (Å²) < 4.78 is 16.2. The SMILES string of the molecule is CC(=O)Nc1ccc2c(COC(=O)CCCOc3ccc(Cl)cc3C)cc(=O)oc2c1. The molecular formula is C23H22ClNO6. The first kappa shape index (κ1) is 22.4. The molecule has 1 N–H and O–H groups in total. The standard InChI is InChI=1S/C23H22ClNO6/c1-14-10-17(24)5-8-20(14)29-9-3-4-22(27)30-13-16-11-23(28)31-21-12-18(25-15(2)26)6-7-19(16)21/h5-8,10-12H,3-4,9,13H2,1-2H3,(H,25,26). The number of halogens is 1. The number of amides is 1. The zero-order chi connectivity index (χ0) is 22.4. The smallest absolute Gasteiger partial charge is 0.336 e. The van der Waals surface area contributed by atoms with E-state index in [-0.39, 0.29) is 18.9 Å². The molecule has 0 atom stereocenters. The Hall–Kier alpha value is -3.32. The lowest BCUT2D eigenvalue weighted by molar-refractivity contribution is -0.145. The number of ether oxygens (including phenoxy) is 2. The minimum absolute atomic E-state index is 0.0580. The Morgan fingerprint density at radius 3 is 2.68 bits per heavy atom. The van der Waals surface area contributed by atoms with E-state index in [4.69, 9.17) is 25.5 Å². The van der Waals surface area contributed by atoms with Gasteiger partial charge in [-0.3, -0.25) is 9.59 Å². The maximum absolute atomic E-state index is 12.1. The van der Waals surface area contributed by atoms with Crippen LogP contribution in [0.15, 0.2) is 51.7 Å². The molecule has 0 unspecified atom stereocenters. The molecule has 1 heterocycles. The molecule has 0 fully saturated rings. The fourth-order valence-electron chi connectivity index (χ4n) is 3.03. The van der Waals surface area contributed by atoms with Crippen LogP contribution in [0.5, 0.6) is 5.75 Å². The second kappa shape index (κ2) is 10.1. The van der Waals surface area contributed by atoms with Crippen LogP contribution in [0.2, 0.25) is 5.02 Å². The number of fused-ring (bicyclic) bond motifs is 1. The van der Waals surface area contributed by atoms with Crippen LogP contribution in [0, 0.1) is 6.92 Å². The highest BCUT2D eigenvalue weighted by Gasteiger charge is 2.10. The first-order valence-corrected chi connectivity index (χ1v) is 10.1. The second-order valence-electron chi connectivity index (χ2n) is 7.01. The van der Waals surface area contributed by atoms with Gasteiger partial charge in [0.15, 0.2) is 0 Å². The van der Waals surface area contributed by atoms with Gasteiger partial charge in [0.25, 0.3) is 0 Å². The summed E-state index contributed by atoms with van der Waals surface area (Å²) in [6, 6.07) is 11.6. The summed E-state index contributed by atoms with van der Waals surface area (Å²) in [5, 5.41) is 3.90. The zero-order valence-electron chi connectivity index (χ0n) is 17.2. The van der Waals surface area contributed by atoms with Gasteiger partial charge in [-0.1, -0.05) is 11.6 Å². The monoisotopic (exact) mass is 443 g/mol. The fourth-order valence-corrected chi connectivity index (χ4v) is 3.26. The van der Waals surface area contributed by atoms with Gasteiger partial charge in [0.05, 0.1) is 6.61 Å². The van der Waals surface area contributed by atoms with Crippen molar-refractivity contribution in [1.82, 2.24) is 0 Å². The summed E-state index contributed by atoms with van der Waals surface area (Å²) in [7, 11) is 0. The number of hydrogen-bond donors (Lipinski definition) is 1. The lowest BCUT2D eigenvalue weighted by atomic mass is 10.1. The fraction of sp³-hybridized carbons (Fsp3) is 0.261. The van der Waals surface area contributed by atoms with Crippen LogP contribution >= 0.6 is 11.6 Å². The molecule has 0 aliphatic carbocycles. The van der Waals surface area contributed by atoms with Crippen LogP contribution in [0.3, 0.4) is 0 Å². The van der Waals surface area contributed by atoms with Gasteiger partial charge in [-0.15, -0.1) is 0 Å². The van der Waals surface area contributed by atoms with Crippen molar-refractivity contribution >= 4 is 40.1 Å². The lowest BCUT2D eigenvalue weighted by Crippen LogP contribution is -2.10. The number of nitrogens with one attached hydrogen (secondary N) is 1. The number of carbonyl (C=O) groups is 2. The summed E-state index contributed by atoms with van der Waals surface area (Å²) in [4.78, 5) is 35.2. The van der Waals surface area contributed by atoms with E-state index in [0.717, 1.165) is 11.3 Å². The predicted octanol–water partition coefficient (Wildman–Crippen LogP) is 4.62. The van der Waals surface area contributed by atoms with Gasteiger partial charge in [-0.05, 0) is 49.2 Å². The average Bonchev–Trinajstić information content (AvgIpc) is 2.69. The van der Waals surface area contributed by atoms with E-state index in [1.54, 1.807) is 30.3 Å². The van der Waals surface area contributed by atoms with Crippen molar-refractivity contribution in [3.8, 4) is 5.75 Å². The summed E-state index contributed by atoms with van der Waals surface area (Å²) in [5.74, 6) is 0.0912. The third-order valence-electron chi connectivity index (χ3n) is 4.46. The molecule has 8 heteroatoms. The largest absolute Gasteiger partial charge is 0.493 e. The highest BCUT2D eigenvalue weighted by atomic mass is 35.5. The summed E-state index contributed by atoms with van der Waals surface area (Å²) in [6.07, 6.45) is 0.664. The Labute approximate surface area is 183 Å². The maximum Gasteiger partial charge on any atom is 0.336 e. The Morgan fingerprint density at radius 1 is 1.13 bits per heavy atom. The quantitative estimate of drug-likeness (QED) is 0.310. The summed E-state index contributed by atoms with van der Waals surface area (Å²) in [6.45, 7) is 3.59. The van der Waals surface area contributed by atoms with Gasteiger partial charge in [-0.2, -0.15) is 0 Å². The van der Waals surface area contributed by atoms with Crippen molar-refractivity contribution in [3.05, 3.63) is 69.0 Å². The number of benzene rings is 2. The van der Waals surface area contributed by atoms with E-state index in [2.05, 4.69) is 5.32 Å². The molecule has 0 saturated carbocycles. The second-order valence-corrected chi connectivity index (χ2v) is 7.44. The molecule has 1 amide bonds. The number of carbonyl (C=O) groups excluding carboxylic acids is 2. The molecule has 1 aromatic heterocycles. The van der Waals surface area contributed by atoms with E-state index in [1.165, 1.54) is 13.0 Å². The third-order valence-corrected chi connectivity index (χ3v) is 4.69. The van der Waals surface area contributed by atoms with Crippen molar-refractivity contribution in [2.24, 2.45) is 0 Å². The Kier molecular flexibility index (Phi) is 7.31. The summed E-state index contributed by atoms with van der Waals surface area (Å²) in [5.41, 5.74) is 1.70. The molecule has 7 nitrogen and oxygen atoms in total. The highest BCUT2D eigenvalue weighted by molar-refractivity contribution is 6.30. The van der Waals surface area contributed by atoms with Crippen molar-refractivity contribution in [3.63, 3.8) is 0 Å². The van der Waals surface area contributed by atoms with Crippen molar-refractivity contribution in [2.45, 2.75) is 33.3 Å². The van der Waals surface area contributed by atoms with Gasteiger partial charge in [-0.25, -0.2) is 4.79 Å². The first-order chi connectivity index (χ1) is 14.8.